The third-order valence-electron chi connectivity index (χ3n) is 2.58. The minimum absolute atomic E-state index is 0. The van der Waals surface area contributed by atoms with Crippen molar-refractivity contribution < 1.29 is 4.74 Å². The van der Waals surface area contributed by atoms with Crippen LogP contribution in [0.1, 0.15) is 11.1 Å². The van der Waals surface area contributed by atoms with Gasteiger partial charge in [0.1, 0.15) is 11.4 Å². The van der Waals surface area contributed by atoms with Gasteiger partial charge >= 0.3 is 0 Å². The van der Waals surface area contributed by atoms with E-state index in [0.29, 0.717) is 11.6 Å². The molecule has 2 rings (SSSR count). The lowest BCUT2D eigenvalue weighted by molar-refractivity contribution is 0.452. The molecule has 0 amide bonds. The molecule has 1 heterocycles. The third-order valence-corrected chi connectivity index (χ3v) is 2.58. The topological polar surface area (TPSA) is 53.1 Å². The van der Waals surface area contributed by atoms with Crippen LogP contribution in [-0.2, 0) is 7.05 Å². The molecule has 0 fully saturated rings. The molecule has 0 aliphatic heterocycles. The summed E-state index contributed by atoms with van der Waals surface area (Å²) in [6, 6.07) is 5.91. The Morgan fingerprint density at radius 1 is 1.29 bits per heavy atom. The molecular formula is C12H16ClN3O. The molecule has 1 aromatic carbocycles. The van der Waals surface area contributed by atoms with Gasteiger partial charge in [0.2, 0.25) is 0 Å². The van der Waals surface area contributed by atoms with E-state index in [0.717, 1.165) is 11.3 Å². The monoisotopic (exact) mass is 253 g/mol. The van der Waals surface area contributed by atoms with E-state index >= 15 is 0 Å². The van der Waals surface area contributed by atoms with Gasteiger partial charge < -0.3 is 10.5 Å². The normalized spacial score (nSPS) is 9.82. The fourth-order valence-corrected chi connectivity index (χ4v) is 1.50. The number of hydrogen-bond donors (Lipinski definition) is 1. The van der Waals surface area contributed by atoms with Crippen molar-refractivity contribution in [1.82, 2.24) is 9.78 Å². The largest absolute Gasteiger partial charge is 0.436 e. The van der Waals surface area contributed by atoms with Crippen molar-refractivity contribution >= 4 is 18.1 Å². The van der Waals surface area contributed by atoms with E-state index in [1.54, 1.807) is 10.9 Å². The van der Waals surface area contributed by atoms with Gasteiger partial charge in [-0.15, -0.1) is 17.5 Å². The lowest BCUT2D eigenvalue weighted by atomic mass is 10.1. The lowest BCUT2D eigenvalue weighted by Gasteiger charge is -2.08. The van der Waals surface area contributed by atoms with E-state index in [9.17, 15) is 0 Å². The Hall–Kier alpha value is -1.68. The van der Waals surface area contributed by atoms with Crippen molar-refractivity contribution in [3.8, 4) is 11.6 Å². The molecule has 4 nitrogen and oxygen atoms in total. The van der Waals surface area contributed by atoms with Crippen LogP contribution in [0.4, 0.5) is 5.69 Å². The van der Waals surface area contributed by atoms with Gasteiger partial charge in [-0.3, -0.25) is 4.68 Å². The van der Waals surface area contributed by atoms with Gasteiger partial charge in [-0.1, -0.05) is 12.1 Å². The van der Waals surface area contributed by atoms with Crippen LogP contribution in [0.3, 0.4) is 0 Å². The third kappa shape index (κ3) is 2.71. The molecule has 92 valence electrons. The molecular weight excluding hydrogens is 238 g/mol. The highest BCUT2D eigenvalue weighted by Gasteiger charge is 2.09. The molecule has 1 aromatic heterocycles. The predicted octanol–water partition coefficient (Wildman–Crippen LogP) is 2.83. The van der Waals surface area contributed by atoms with Crippen LogP contribution in [0.5, 0.6) is 11.6 Å². The van der Waals surface area contributed by atoms with Crippen LogP contribution < -0.4 is 10.5 Å². The summed E-state index contributed by atoms with van der Waals surface area (Å²) in [5.41, 5.74) is 8.61. The highest BCUT2D eigenvalue weighted by atomic mass is 35.5. The molecule has 0 saturated carbocycles. The summed E-state index contributed by atoms with van der Waals surface area (Å²) < 4.78 is 7.32. The maximum absolute atomic E-state index is 5.77. The molecule has 0 atom stereocenters. The second-order valence-electron chi connectivity index (χ2n) is 3.86. The summed E-state index contributed by atoms with van der Waals surface area (Å²) in [4.78, 5) is 0. The Bertz CT molecular complexity index is 522. The van der Waals surface area contributed by atoms with Crippen molar-refractivity contribution in [2.24, 2.45) is 7.05 Å². The summed E-state index contributed by atoms with van der Waals surface area (Å²) in [5, 5.41) is 4.15. The van der Waals surface area contributed by atoms with Crippen LogP contribution in [0.25, 0.3) is 0 Å². The second-order valence-corrected chi connectivity index (χ2v) is 3.86. The van der Waals surface area contributed by atoms with E-state index in [2.05, 4.69) is 5.10 Å². The van der Waals surface area contributed by atoms with Gasteiger partial charge in [0.25, 0.3) is 5.88 Å². The lowest BCUT2D eigenvalue weighted by Crippen LogP contribution is -1.94. The maximum atomic E-state index is 5.77. The number of nitrogen functional groups attached to an aromatic ring is 1. The first-order valence-corrected chi connectivity index (χ1v) is 5.11. The number of ether oxygens (including phenoxy) is 1. The first kappa shape index (κ1) is 13.4. The summed E-state index contributed by atoms with van der Waals surface area (Å²) in [7, 11) is 1.81. The van der Waals surface area contributed by atoms with Crippen molar-refractivity contribution in [2.75, 3.05) is 5.73 Å². The molecule has 0 radical (unpaired) electrons. The molecule has 0 spiro atoms. The zero-order valence-electron chi connectivity index (χ0n) is 10.1. The summed E-state index contributed by atoms with van der Waals surface area (Å²) in [6.07, 6.45) is 1.72. The minimum atomic E-state index is 0. The van der Waals surface area contributed by atoms with Gasteiger partial charge in [-0.25, -0.2) is 0 Å². The summed E-state index contributed by atoms with van der Waals surface area (Å²) in [5.74, 6) is 1.25. The van der Waals surface area contributed by atoms with Gasteiger partial charge in [-0.05, 0) is 31.0 Å². The highest BCUT2D eigenvalue weighted by molar-refractivity contribution is 5.85. The standard InChI is InChI=1S/C12H15N3O.ClH/c1-8-5-4-6-11(9(8)2)16-12-10(13)7-15(3)14-12;/h4-7H,13H2,1-3H3;1H. The van der Waals surface area contributed by atoms with E-state index in [1.165, 1.54) is 5.56 Å². The summed E-state index contributed by atoms with van der Waals surface area (Å²) >= 11 is 0. The Balaban J connectivity index is 0.00000144. The van der Waals surface area contributed by atoms with E-state index in [4.69, 9.17) is 10.5 Å². The minimum Gasteiger partial charge on any atom is -0.436 e. The van der Waals surface area contributed by atoms with Crippen molar-refractivity contribution in [1.29, 1.82) is 0 Å². The molecule has 0 aliphatic rings. The number of hydrogen-bond acceptors (Lipinski definition) is 3. The second kappa shape index (κ2) is 5.10. The smallest absolute Gasteiger partial charge is 0.261 e. The molecule has 5 heteroatoms. The van der Waals surface area contributed by atoms with Crippen LogP contribution in [0.15, 0.2) is 24.4 Å². The van der Waals surface area contributed by atoms with Gasteiger partial charge in [0.15, 0.2) is 0 Å². The predicted molar refractivity (Wildman–Crippen MR) is 70.9 cm³/mol. The van der Waals surface area contributed by atoms with Crippen LogP contribution in [0.2, 0.25) is 0 Å². The Morgan fingerprint density at radius 3 is 2.59 bits per heavy atom. The summed E-state index contributed by atoms with van der Waals surface area (Å²) in [6.45, 7) is 4.06. The van der Waals surface area contributed by atoms with E-state index in [1.807, 2.05) is 39.1 Å². The number of benzene rings is 1. The highest BCUT2D eigenvalue weighted by Crippen LogP contribution is 2.28. The Kier molecular flexibility index (Phi) is 4.02. The molecule has 2 aromatic rings. The number of nitrogens with two attached hydrogens (primary N) is 1. The number of anilines is 1. The number of aromatic nitrogens is 2. The van der Waals surface area contributed by atoms with Crippen LogP contribution >= 0.6 is 12.4 Å². The van der Waals surface area contributed by atoms with Crippen molar-refractivity contribution in [3.05, 3.63) is 35.5 Å². The average Bonchev–Trinajstić information content (AvgIpc) is 2.53. The van der Waals surface area contributed by atoms with Crippen LogP contribution in [0, 0.1) is 13.8 Å². The number of nitrogens with zero attached hydrogens (tertiary/aromatic N) is 2. The van der Waals surface area contributed by atoms with E-state index < -0.39 is 0 Å². The maximum Gasteiger partial charge on any atom is 0.261 e. The molecule has 0 saturated heterocycles. The number of aryl methyl sites for hydroxylation is 2. The fourth-order valence-electron chi connectivity index (χ4n) is 1.50. The molecule has 17 heavy (non-hydrogen) atoms. The molecule has 0 aliphatic carbocycles. The zero-order chi connectivity index (χ0) is 11.7. The fraction of sp³-hybridized carbons (Fsp3) is 0.250. The Labute approximate surface area is 107 Å². The van der Waals surface area contributed by atoms with Gasteiger partial charge in [0, 0.05) is 7.05 Å². The SMILES string of the molecule is Cc1cccc(Oc2nn(C)cc2N)c1C.Cl. The first-order chi connectivity index (χ1) is 7.58. The molecule has 0 unspecified atom stereocenters. The number of halogens is 1. The van der Waals surface area contributed by atoms with Crippen LogP contribution in [-0.4, -0.2) is 9.78 Å². The van der Waals surface area contributed by atoms with E-state index in [-0.39, 0.29) is 12.4 Å². The average molecular weight is 254 g/mol. The Morgan fingerprint density at radius 2 is 2.00 bits per heavy atom. The number of rotatable bonds is 2. The van der Waals surface area contributed by atoms with Crippen molar-refractivity contribution in [3.63, 3.8) is 0 Å². The molecule has 2 N–H and O–H groups in total. The quantitative estimate of drug-likeness (QED) is 0.895. The zero-order valence-corrected chi connectivity index (χ0v) is 10.9. The van der Waals surface area contributed by atoms with Crippen molar-refractivity contribution in [2.45, 2.75) is 13.8 Å². The first-order valence-electron chi connectivity index (χ1n) is 5.11. The van der Waals surface area contributed by atoms with Gasteiger partial charge in [0.05, 0.1) is 6.20 Å². The van der Waals surface area contributed by atoms with Gasteiger partial charge in [-0.2, -0.15) is 0 Å². The molecule has 0 bridgehead atoms.